The zero-order valence-corrected chi connectivity index (χ0v) is 13.5. The lowest BCUT2D eigenvalue weighted by Gasteiger charge is -2.06. The Morgan fingerprint density at radius 2 is 2.00 bits per heavy atom. The van der Waals surface area contributed by atoms with Crippen molar-refractivity contribution in [3.63, 3.8) is 0 Å². The number of aromatic nitrogens is 2. The van der Waals surface area contributed by atoms with Gasteiger partial charge in [0.05, 0.1) is 22.6 Å². The van der Waals surface area contributed by atoms with E-state index in [1.54, 1.807) is 30.3 Å². The van der Waals surface area contributed by atoms with Crippen molar-refractivity contribution in [3.05, 3.63) is 59.9 Å². The number of para-hydroxylation sites is 2. The minimum absolute atomic E-state index is 0.419. The van der Waals surface area contributed by atoms with E-state index < -0.39 is 12.6 Å². The number of nitriles is 1. The fourth-order valence-electron chi connectivity index (χ4n) is 2.50. The first-order valence-corrected chi connectivity index (χ1v) is 7.55. The summed E-state index contributed by atoms with van der Waals surface area (Å²) in [5.41, 5.74) is 2.99. The standard InChI is InChI=1S/C19H15N3O3/c1-22-17-5-3-2-4-16(17)21-19(22)14(11-20)10-13-6-8-15(9-7-13)25-12-18(23)24/h2-10H,12H2,1H3,(H,23,24)/p-1/b14-10+. The lowest BCUT2D eigenvalue weighted by atomic mass is 10.1. The largest absolute Gasteiger partial charge is 0.546 e. The number of benzene rings is 2. The van der Waals surface area contributed by atoms with E-state index in [4.69, 9.17) is 4.74 Å². The van der Waals surface area contributed by atoms with Gasteiger partial charge in [-0.1, -0.05) is 24.3 Å². The Labute approximate surface area is 144 Å². The van der Waals surface area contributed by atoms with Gasteiger partial charge in [-0.2, -0.15) is 5.26 Å². The van der Waals surface area contributed by atoms with Gasteiger partial charge in [0.15, 0.2) is 5.82 Å². The van der Waals surface area contributed by atoms with Crippen LogP contribution >= 0.6 is 0 Å². The summed E-state index contributed by atoms with van der Waals surface area (Å²) in [7, 11) is 1.87. The minimum atomic E-state index is -1.28. The number of ether oxygens (including phenoxy) is 1. The average molecular weight is 332 g/mol. The second kappa shape index (κ2) is 6.89. The Bertz CT molecular complexity index is 995. The van der Waals surface area contributed by atoms with Gasteiger partial charge >= 0.3 is 0 Å². The molecule has 0 saturated heterocycles. The molecule has 6 nitrogen and oxygen atoms in total. The number of carbonyl (C=O) groups is 1. The number of aryl methyl sites for hydroxylation is 1. The number of carboxylic acids is 1. The molecule has 0 aliphatic rings. The fourth-order valence-corrected chi connectivity index (χ4v) is 2.50. The molecule has 0 amide bonds. The molecule has 0 spiro atoms. The lowest BCUT2D eigenvalue weighted by molar-refractivity contribution is -0.307. The van der Waals surface area contributed by atoms with Crippen molar-refractivity contribution in [2.75, 3.05) is 6.61 Å². The summed E-state index contributed by atoms with van der Waals surface area (Å²) in [6.45, 7) is -0.501. The molecule has 0 saturated carbocycles. The average Bonchev–Trinajstić information content (AvgIpc) is 2.96. The third kappa shape index (κ3) is 3.51. The highest BCUT2D eigenvalue weighted by atomic mass is 16.5. The number of fused-ring (bicyclic) bond motifs is 1. The maximum absolute atomic E-state index is 10.4. The normalized spacial score (nSPS) is 11.3. The highest BCUT2D eigenvalue weighted by Gasteiger charge is 2.11. The number of aliphatic carboxylic acids is 1. The predicted molar refractivity (Wildman–Crippen MR) is 91.1 cm³/mol. The van der Waals surface area contributed by atoms with Crippen molar-refractivity contribution in [2.24, 2.45) is 7.05 Å². The van der Waals surface area contributed by atoms with Gasteiger partial charge in [-0.15, -0.1) is 0 Å². The van der Waals surface area contributed by atoms with E-state index in [-0.39, 0.29) is 0 Å². The lowest BCUT2D eigenvalue weighted by Crippen LogP contribution is -2.28. The quantitative estimate of drug-likeness (QED) is 0.664. The number of imidazole rings is 1. The molecule has 0 fully saturated rings. The first-order valence-electron chi connectivity index (χ1n) is 7.55. The highest BCUT2D eigenvalue weighted by molar-refractivity contribution is 5.90. The summed E-state index contributed by atoms with van der Waals surface area (Å²) in [6, 6.07) is 16.6. The molecule has 6 heteroatoms. The van der Waals surface area contributed by atoms with E-state index in [2.05, 4.69) is 11.1 Å². The van der Waals surface area contributed by atoms with Crippen LogP contribution in [0, 0.1) is 11.3 Å². The molecule has 1 aromatic heterocycles. The van der Waals surface area contributed by atoms with Crippen LogP contribution in [0.15, 0.2) is 48.5 Å². The van der Waals surface area contributed by atoms with Gasteiger partial charge in [-0.25, -0.2) is 4.98 Å². The van der Waals surface area contributed by atoms with Crippen LogP contribution in [-0.4, -0.2) is 22.1 Å². The van der Waals surface area contributed by atoms with E-state index in [1.807, 2.05) is 35.9 Å². The third-order valence-corrected chi connectivity index (χ3v) is 3.70. The van der Waals surface area contributed by atoms with Gasteiger partial charge < -0.3 is 19.2 Å². The molecular weight excluding hydrogens is 318 g/mol. The van der Waals surface area contributed by atoms with Gasteiger partial charge in [0.1, 0.15) is 18.4 Å². The van der Waals surface area contributed by atoms with Crippen LogP contribution in [0.2, 0.25) is 0 Å². The molecule has 124 valence electrons. The summed E-state index contributed by atoms with van der Waals surface area (Å²) in [5.74, 6) is -0.277. The van der Waals surface area contributed by atoms with E-state index in [0.717, 1.165) is 16.6 Å². The first kappa shape index (κ1) is 16.3. The molecule has 0 radical (unpaired) electrons. The maximum atomic E-state index is 10.4. The Kier molecular flexibility index (Phi) is 4.48. The number of allylic oxidation sites excluding steroid dienone is 1. The van der Waals surface area contributed by atoms with Crippen LogP contribution in [0.5, 0.6) is 5.75 Å². The fraction of sp³-hybridized carbons (Fsp3) is 0.105. The van der Waals surface area contributed by atoms with Crippen molar-refractivity contribution in [1.82, 2.24) is 9.55 Å². The second-order valence-corrected chi connectivity index (χ2v) is 5.38. The zero-order valence-electron chi connectivity index (χ0n) is 13.5. The molecule has 0 bridgehead atoms. The highest BCUT2D eigenvalue weighted by Crippen LogP contribution is 2.22. The van der Waals surface area contributed by atoms with E-state index in [0.29, 0.717) is 17.1 Å². The van der Waals surface area contributed by atoms with Crippen molar-refractivity contribution in [1.29, 1.82) is 5.26 Å². The first-order chi connectivity index (χ1) is 12.1. The molecule has 1 heterocycles. The van der Waals surface area contributed by atoms with Crippen LogP contribution in [0.4, 0.5) is 0 Å². The van der Waals surface area contributed by atoms with Crippen molar-refractivity contribution >= 4 is 28.7 Å². The SMILES string of the molecule is Cn1c(/C(C#N)=C/c2ccc(OCC(=O)[O-])cc2)nc2ccccc21. The van der Waals surface area contributed by atoms with Gasteiger partial charge in [-0.3, -0.25) is 0 Å². The Hall–Kier alpha value is -3.59. The molecule has 0 aliphatic heterocycles. The smallest absolute Gasteiger partial charge is 0.151 e. The molecule has 25 heavy (non-hydrogen) atoms. The summed E-state index contributed by atoms with van der Waals surface area (Å²) in [4.78, 5) is 14.9. The zero-order chi connectivity index (χ0) is 17.8. The van der Waals surface area contributed by atoms with Crippen molar-refractivity contribution in [2.45, 2.75) is 0 Å². The summed E-state index contributed by atoms with van der Waals surface area (Å²) in [6.07, 6.45) is 1.73. The minimum Gasteiger partial charge on any atom is -0.546 e. The van der Waals surface area contributed by atoms with Gasteiger partial charge in [0, 0.05) is 7.05 Å². The van der Waals surface area contributed by atoms with Crippen LogP contribution in [0.1, 0.15) is 11.4 Å². The monoisotopic (exact) mass is 332 g/mol. The summed E-state index contributed by atoms with van der Waals surface area (Å²) < 4.78 is 6.91. The predicted octanol–water partition coefficient (Wildman–Crippen LogP) is 1.77. The summed E-state index contributed by atoms with van der Waals surface area (Å²) >= 11 is 0. The second-order valence-electron chi connectivity index (χ2n) is 5.38. The molecule has 2 aromatic carbocycles. The number of hydrogen-bond donors (Lipinski definition) is 0. The third-order valence-electron chi connectivity index (χ3n) is 3.70. The molecule has 0 aliphatic carbocycles. The number of hydrogen-bond acceptors (Lipinski definition) is 5. The van der Waals surface area contributed by atoms with Gasteiger partial charge in [-0.05, 0) is 35.9 Å². The molecule has 0 atom stereocenters. The van der Waals surface area contributed by atoms with Crippen LogP contribution in [0.3, 0.4) is 0 Å². The van der Waals surface area contributed by atoms with Crippen LogP contribution in [-0.2, 0) is 11.8 Å². The molecular formula is C19H14N3O3-. The molecule has 0 unspecified atom stereocenters. The summed E-state index contributed by atoms with van der Waals surface area (Å²) in [5, 5.41) is 19.9. The molecule has 3 rings (SSSR count). The number of carbonyl (C=O) groups excluding carboxylic acids is 1. The molecule has 0 N–H and O–H groups in total. The molecule has 3 aromatic rings. The van der Waals surface area contributed by atoms with Crippen LogP contribution < -0.4 is 9.84 Å². The number of rotatable bonds is 5. The van der Waals surface area contributed by atoms with Crippen molar-refractivity contribution < 1.29 is 14.6 Å². The topological polar surface area (TPSA) is 91.0 Å². The van der Waals surface area contributed by atoms with E-state index in [9.17, 15) is 15.2 Å². The Morgan fingerprint density at radius 1 is 1.28 bits per heavy atom. The number of nitrogens with zero attached hydrogens (tertiary/aromatic N) is 3. The van der Waals surface area contributed by atoms with E-state index in [1.165, 1.54) is 0 Å². The Balaban J connectivity index is 1.91. The number of carboxylic acid groups (broad SMARTS) is 1. The van der Waals surface area contributed by atoms with Crippen molar-refractivity contribution in [3.8, 4) is 11.8 Å². The Morgan fingerprint density at radius 3 is 2.64 bits per heavy atom. The van der Waals surface area contributed by atoms with E-state index >= 15 is 0 Å². The van der Waals surface area contributed by atoms with Crippen LogP contribution in [0.25, 0.3) is 22.7 Å². The van der Waals surface area contributed by atoms with Gasteiger partial charge in [0.25, 0.3) is 0 Å². The maximum Gasteiger partial charge on any atom is 0.151 e. The van der Waals surface area contributed by atoms with Gasteiger partial charge in [0.2, 0.25) is 0 Å².